The van der Waals surface area contributed by atoms with Crippen LogP contribution >= 0.6 is 23.2 Å². The average molecular weight is 492 g/mol. The molecule has 3 amide bonds. The van der Waals surface area contributed by atoms with Crippen LogP contribution < -0.4 is 10.6 Å². The number of aldehydes is 1. The summed E-state index contributed by atoms with van der Waals surface area (Å²) in [4.78, 5) is 51.5. The molecule has 2 N–H and O–H groups in total. The zero-order valence-electron chi connectivity index (χ0n) is 18.1. The Kier molecular flexibility index (Phi) is 7.39. The van der Waals surface area contributed by atoms with E-state index >= 15 is 0 Å². The van der Waals surface area contributed by atoms with Crippen LogP contribution in [0.25, 0.3) is 6.08 Å². The molecule has 5 atom stereocenters. The third-order valence-corrected chi connectivity index (χ3v) is 7.57. The fourth-order valence-electron chi connectivity index (χ4n) is 5.35. The number of fused-ring (bicyclic) bond motifs is 1. The van der Waals surface area contributed by atoms with Crippen LogP contribution in [-0.4, -0.2) is 54.1 Å². The fraction of sp³-hybridized carbons (Fsp3) is 0.500. The highest BCUT2D eigenvalue weighted by molar-refractivity contribution is 6.35. The largest absolute Gasteiger partial charge is 0.356 e. The lowest BCUT2D eigenvalue weighted by molar-refractivity contribution is -0.137. The standard InChI is InChI=1S/C24H27Cl2N3O4/c25-17-6-4-14(20(26)11-17)5-7-21(31)29-12-16-2-1-3-19(16)22(29)24(33)28-18(13-30)10-15-8-9-27-23(15)32/h4-7,11,13,15-16,18-19,22H,1-3,8-10,12H2,(H,27,32)(H,28,33)/b7-5+/t15-,16-,18-,19+,22?/m0/s1. The van der Waals surface area contributed by atoms with Crippen molar-refractivity contribution >= 4 is 53.3 Å². The van der Waals surface area contributed by atoms with Crippen LogP contribution in [0.4, 0.5) is 0 Å². The molecule has 4 rings (SSSR count). The molecule has 1 unspecified atom stereocenters. The van der Waals surface area contributed by atoms with E-state index < -0.39 is 12.1 Å². The molecule has 7 nitrogen and oxygen atoms in total. The van der Waals surface area contributed by atoms with Crippen LogP contribution in [0.3, 0.4) is 0 Å². The molecular formula is C24H27Cl2N3O4. The number of nitrogens with zero attached hydrogens (tertiary/aromatic N) is 1. The van der Waals surface area contributed by atoms with Crippen LogP contribution in [0.15, 0.2) is 24.3 Å². The van der Waals surface area contributed by atoms with Gasteiger partial charge in [-0.25, -0.2) is 0 Å². The van der Waals surface area contributed by atoms with Gasteiger partial charge in [-0.3, -0.25) is 14.4 Å². The van der Waals surface area contributed by atoms with Gasteiger partial charge in [-0.05, 0) is 61.3 Å². The number of halogens is 2. The lowest BCUT2D eigenvalue weighted by Crippen LogP contribution is -2.51. The number of hydrogen-bond acceptors (Lipinski definition) is 4. The van der Waals surface area contributed by atoms with Crippen LogP contribution in [0, 0.1) is 17.8 Å². The van der Waals surface area contributed by atoms with Crippen molar-refractivity contribution in [3.05, 3.63) is 39.9 Å². The molecule has 0 spiro atoms. The molecule has 3 aliphatic rings. The Bertz CT molecular complexity index is 982. The molecule has 2 aliphatic heterocycles. The van der Waals surface area contributed by atoms with E-state index in [2.05, 4.69) is 10.6 Å². The average Bonchev–Trinajstić information content (AvgIpc) is 3.48. The third-order valence-electron chi connectivity index (χ3n) is 7.00. The van der Waals surface area contributed by atoms with Crippen LogP contribution in [0.5, 0.6) is 0 Å². The lowest BCUT2D eigenvalue weighted by Gasteiger charge is -2.27. The number of rotatable bonds is 7. The van der Waals surface area contributed by atoms with Gasteiger partial charge >= 0.3 is 0 Å². The normalized spacial score (nSPS) is 27.5. The van der Waals surface area contributed by atoms with Crippen molar-refractivity contribution in [3.63, 3.8) is 0 Å². The van der Waals surface area contributed by atoms with Crippen molar-refractivity contribution < 1.29 is 19.2 Å². The van der Waals surface area contributed by atoms with E-state index in [0.29, 0.717) is 41.4 Å². The number of carbonyl (C=O) groups is 4. The summed E-state index contributed by atoms with van der Waals surface area (Å²) >= 11 is 12.1. The van der Waals surface area contributed by atoms with E-state index in [4.69, 9.17) is 23.2 Å². The van der Waals surface area contributed by atoms with Gasteiger partial charge in [0.25, 0.3) is 0 Å². The fourth-order valence-corrected chi connectivity index (χ4v) is 5.83. The molecule has 0 bridgehead atoms. The van der Waals surface area contributed by atoms with E-state index in [-0.39, 0.29) is 41.9 Å². The van der Waals surface area contributed by atoms with Crippen molar-refractivity contribution in [2.45, 2.75) is 44.2 Å². The molecule has 1 aromatic carbocycles. The van der Waals surface area contributed by atoms with Crippen molar-refractivity contribution in [2.24, 2.45) is 17.8 Å². The molecule has 3 fully saturated rings. The molecular weight excluding hydrogens is 465 g/mol. The first-order valence-electron chi connectivity index (χ1n) is 11.3. The van der Waals surface area contributed by atoms with E-state index in [1.165, 1.54) is 6.08 Å². The number of nitrogens with one attached hydrogen (secondary N) is 2. The molecule has 9 heteroatoms. The summed E-state index contributed by atoms with van der Waals surface area (Å²) in [6, 6.07) is 3.64. The van der Waals surface area contributed by atoms with E-state index in [1.807, 2.05) is 0 Å². The van der Waals surface area contributed by atoms with Gasteiger partial charge in [0.15, 0.2) is 0 Å². The van der Waals surface area contributed by atoms with E-state index in [1.54, 1.807) is 29.2 Å². The Labute approximate surface area is 202 Å². The molecule has 2 saturated heterocycles. The minimum Gasteiger partial charge on any atom is -0.356 e. The predicted molar refractivity (Wildman–Crippen MR) is 126 cm³/mol. The molecule has 1 saturated carbocycles. The first kappa shape index (κ1) is 23.8. The zero-order chi connectivity index (χ0) is 23.5. The zero-order valence-corrected chi connectivity index (χ0v) is 19.6. The van der Waals surface area contributed by atoms with Crippen molar-refractivity contribution in [3.8, 4) is 0 Å². The topological polar surface area (TPSA) is 95.6 Å². The van der Waals surface area contributed by atoms with Crippen LogP contribution in [0.2, 0.25) is 10.0 Å². The number of hydrogen-bond donors (Lipinski definition) is 2. The molecule has 33 heavy (non-hydrogen) atoms. The molecule has 176 valence electrons. The van der Waals surface area contributed by atoms with Crippen molar-refractivity contribution in [1.82, 2.24) is 15.5 Å². The van der Waals surface area contributed by atoms with Gasteiger partial charge < -0.3 is 20.3 Å². The summed E-state index contributed by atoms with van der Waals surface area (Å²) < 4.78 is 0. The Balaban J connectivity index is 1.47. The smallest absolute Gasteiger partial charge is 0.247 e. The van der Waals surface area contributed by atoms with Crippen LogP contribution in [0.1, 0.15) is 37.7 Å². The second-order valence-corrected chi connectivity index (χ2v) is 9.90. The van der Waals surface area contributed by atoms with Crippen molar-refractivity contribution in [1.29, 1.82) is 0 Å². The monoisotopic (exact) mass is 491 g/mol. The molecule has 1 aliphatic carbocycles. The minimum absolute atomic E-state index is 0.0727. The minimum atomic E-state index is -0.757. The quantitative estimate of drug-likeness (QED) is 0.452. The van der Waals surface area contributed by atoms with Gasteiger partial charge in [-0.1, -0.05) is 35.7 Å². The second-order valence-electron chi connectivity index (χ2n) is 9.05. The van der Waals surface area contributed by atoms with Gasteiger partial charge in [0, 0.05) is 35.1 Å². The Morgan fingerprint density at radius 2 is 2.06 bits per heavy atom. The number of benzene rings is 1. The summed E-state index contributed by atoms with van der Waals surface area (Å²) in [5.41, 5.74) is 0.658. The summed E-state index contributed by atoms with van der Waals surface area (Å²) in [6.45, 7) is 1.10. The number of carbonyl (C=O) groups excluding carboxylic acids is 4. The van der Waals surface area contributed by atoms with Gasteiger partial charge in [-0.2, -0.15) is 0 Å². The maximum absolute atomic E-state index is 13.3. The maximum atomic E-state index is 13.3. The third kappa shape index (κ3) is 5.25. The van der Waals surface area contributed by atoms with Gasteiger partial charge in [-0.15, -0.1) is 0 Å². The molecule has 1 aromatic rings. The molecule has 0 radical (unpaired) electrons. The summed E-state index contributed by atoms with van der Waals surface area (Å²) in [7, 11) is 0. The van der Waals surface area contributed by atoms with E-state index in [9.17, 15) is 19.2 Å². The number of amides is 3. The molecule has 2 heterocycles. The Hall–Kier alpha value is -2.38. The Morgan fingerprint density at radius 3 is 2.76 bits per heavy atom. The first-order chi connectivity index (χ1) is 15.9. The molecule has 0 aromatic heterocycles. The van der Waals surface area contributed by atoms with E-state index in [0.717, 1.165) is 19.3 Å². The SMILES string of the molecule is O=C[C@H](C[C@@H]1CCNC1=O)NC(=O)C1[C@@H]2CCC[C@H]2CN1C(=O)/C=C/c1ccc(Cl)cc1Cl. The maximum Gasteiger partial charge on any atom is 0.247 e. The summed E-state index contributed by atoms with van der Waals surface area (Å²) in [5, 5.41) is 6.49. The number of likely N-dealkylation sites (tertiary alicyclic amines) is 1. The highest BCUT2D eigenvalue weighted by atomic mass is 35.5. The van der Waals surface area contributed by atoms with Gasteiger partial charge in [0.1, 0.15) is 12.3 Å². The first-order valence-corrected chi connectivity index (χ1v) is 12.1. The Morgan fingerprint density at radius 1 is 1.24 bits per heavy atom. The second kappa shape index (κ2) is 10.3. The van der Waals surface area contributed by atoms with Crippen molar-refractivity contribution in [2.75, 3.05) is 13.1 Å². The highest BCUT2D eigenvalue weighted by Gasteiger charge is 2.49. The van der Waals surface area contributed by atoms with Gasteiger partial charge in [0.2, 0.25) is 17.7 Å². The summed E-state index contributed by atoms with van der Waals surface area (Å²) in [6.07, 6.45) is 7.52. The summed E-state index contributed by atoms with van der Waals surface area (Å²) in [5.74, 6) is -0.626. The lowest BCUT2D eigenvalue weighted by atomic mass is 9.92. The van der Waals surface area contributed by atoms with Crippen LogP contribution in [-0.2, 0) is 19.2 Å². The highest BCUT2D eigenvalue weighted by Crippen LogP contribution is 2.42. The predicted octanol–water partition coefficient (Wildman–Crippen LogP) is 2.84. The van der Waals surface area contributed by atoms with Gasteiger partial charge in [0.05, 0.1) is 6.04 Å².